The van der Waals surface area contributed by atoms with Crippen molar-refractivity contribution < 1.29 is 0 Å². The molecule has 8 heavy (non-hydrogen) atoms. The van der Waals surface area contributed by atoms with Crippen molar-refractivity contribution in [2.75, 3.05) is 6.54 Å². The topological polar surface area (TPSA) is 52.0 Å². The second kappa shape index (κ2) is 5.13. The molecule has 0 aromatic carbocycles. The van der Waals surface area contributed by atoms with Gasteiger partial charge in [-0.3, -0.25) is 0 Å². The van der Waals surface area contributed by atoms with Crippen LogP contribution in [0.15, 0.2) is 0 Å². The van der Waals surface area contributed by atoms with Crippen LogP contribution in [-0.2, 0) is 0 Å². The van der Waals surface area contributed by atoms with E-state index in [4.69, 9.17) is 11.5 Å². The van der Waals surface area contributed by atoms with Gasteiger partial charge in [-0.2, -0.15) is 0 Å². The van der Waals surface area contributed by atoms with Gasteiger partial charge in [-0.1, -0.05) is 6.42 Å². The van der Waals surface area contributed by atoms with Crippen LogP contribution < -0.4 is 11.5 Å². The van der Waals surface area contributed by atoms with E-state index in [-0.39, 0.29) is 0 Å². The van der Waals surface area contributed by atoms with Gasteiger partial charge in [0.1, 0.15) is 7.85 Å². The van der Waals surface area contributed by atoms with Crippen LogP contribution in [0, 0.1) is 0 Å². The average molecular weight is 114 g/mol. The predicted molar refractivity (Wildman–Crippen MR) is 39.4 cm³/mol. The first-order chi connectivity index (χ1) is 3.77. The lowest BCUT2D eigenvalue weighted by Gasteiger charge is -2.01. The molecule has 0 fully saturated rings. The van der Waals surface area contributed by atoms with E-state index in [1.165, 1.54) is 6.42 Å². The van der Waals surface area contributed by atoms with E-state index in [1.807, 2.05) is 7.85 Å². The first kappa shape index (κ1) is 7.98. The molecule has 0 heterocycles. The van der Waals surface area contributed by atoms with Crippen LogP contribution in [0.3, 0.4) is 0 Å². The summed E-state index contributed by atoms with van der Waals surface area (Å²) >= 11 is 0. The molecule has 1 unspecified atom stereocenters. The van der Waals surface area contributed by atoms with Gasteiger partial charge in [0, 0.05) is 0 Å². The fourth-order valence-corrected chi connectivity index (χ4v) is 0.611. The normalized spacial score (nSPS) is 13.8. The number of hydrogen-bond donors (Lipinski definition) is 2. The Balaban J connectivity index is 2.72. The van der Waals surface area contributed by atoms with Gasteiger partial charge in [-0.05, 0) is 25.3 Å². The zero-order chi connectivity index (χ0) is 6.41. The largest absolute Gasteiger partial charge is 0.335 e. The van der Waals surface area contributed by atoms with Crippen LogP contribution in [0.5, 0.6) is 0 Å². The first-order valence-electron chi connectivity index (χ1n) is 3.23. The molecular weight excluding hydrogens is 98.9 g/mol. The summed E-state index contributed by atoms with van der Waals surface area (Å²) in [7, 11) is 2.02. The lowest BCUT2D eigenvalue weighted by atomic mass is 9.92. The van der Waals surface area contributed by atoms with Gasteiger partial charge in [0.25, 0.3) is 0 Å². The Kier molecular flexibility index (Phi) is 5.12. The maximum absolute atomic E-state index is 5.49. The molecule has 0 aromatic heterocycles. The highest BCUT2D eigenvalue weighted by Gasteiger charge is 1.91. The van der Waals surface area contributed by atoms with Crippen LogP contribution in [0.4, 0.5) is 0 Å². The van der Waals surface area contributed by atoms with Crippen molar-refractivity contribution >= 4 is 7.85 Å². The Labute approximate surface area is 52.0 Å². The molecule has 0 saturated carbocycles. The summed E-state index contributed by atoms with van der Waals surface area (Å²) < 4.78 is 0. The van der Waals surface area contributed by atoms with Gasteiger partial charge in [0.05, 0.1) is 0 Å². The van der Waals surface area contributed by atoms with E-state index >= 15 is 0 Å². The van der Waals surface area contributed by atoms with Crippen LogP contribution in [0.2, 0.25) is 0 Å². The zero-order valence-electron chi connectivity index (χ0n) is 5.56. The lowest BCUT2D eigenvalue weighted by Crippen LogP contribution is -2.19. The van der Waals surface area contributed by atoms with Crippen molar-refractivity contribution in [3.05, 3.63) is 0 Å². The van der Waals surface area contributed by atoms with Crippen molar-refractivity contribution in [3.8, 4) is 0 Å². The third-order valence-electron chi connectivity index (χ3n) is 1.11. The van der Waals surface area contributed by atoms with Crippen molar-refractivity contribution in [1.82, 2.24) is 0 Å². The molecule has 0 aliphatic carbocycles. The van der Waals surface area contributed by atoms with E-state index in [9.17, 15) is 0 Å². The lowest BCUT2D eigenvalue weighted by molar-refractivity contribution is 0.667. The van der Waals surface area contributed by atoms with Gasteiger partial charge in [0.2, 0.25) is 0 Å². The monoisotopic (exact) mass is 114 g/mol. The standard InChI is InChI=1S/C5H15BN2/c6-5(8)3-1-2-4-7/h5H,1-4,6-8H2. The number of rotatable bonds is 4. The van der Waals surface area contributed by atoms with Crippen molar-refractivity contribution in [2.24, 2.45) is 11.5 Å². The van der Waals surface area contributed by atoms with Gasteiger partial charge < -0.3 is 11.5 Å². The summed E-state index contributed by atoms with van der Waals surface area (Å²) in [5.74, 6) is 0.349. The molecule has 1 atom stereocenters. The van der Waals surface area contributed by atoms with Crippen molar-refractivity contribution in [2.45, 2.75) is 25.2 Å². The molecule has 3 heteroatoms. The molecule has 0 aromatic rings. The fourth-order valence-electron chi connectivity index (χ4n) is 0.611. The zero-order valence-corrected chi connectivity index (χ0v) is 5.56. The Bertz CT molecular complexity index is 47.7. The third kappa shape index (κ3) is 5.98. The molecule has 0 aliphatic heterocycles. The summed E-state index contributed by atoms with van der Waals surface area (Å²) in [6, 6.07) is 0. The minimum Gasteiger partial charge on any atom is -0.335 e. The molecule has 0 saturated heterocycles. The molecule has 4 N–H and O–H groups in total. The summed E-state index contributed by atoms with van der Waals surface area (Å²) in [6.45, 7) is 0.798. The summed E-state index contributed by atoms with van der Waals surface area (Å²) in [5.41, 5.74) is 10.8. The Morgan fingerprint density at radius 3 is 2.38 bits per heavy atom. The molecule has 0 bridgehead atoms. The molecule has 0 aliphatic rings. The summed E-state index contributed by atoms with van der Waals surface area (Å²) in [4.78, 5) is 0. The van der Waals surface area contributed by atoms with Crippen molar-refractivity contribution in [3.63, 3.8) is 0 Å². The Morgan fingerprint density at radius 2 is 2.00 bits per heavy atom. The van der Waals surface area contributed by atoms with E-state index in [1.54, 1.807) is 0 Å². The molecule has 2 nitrogen and oxygen atoms in total. The second-order valence-corrected chi connectivity index (χ2v) is 2.26. The van der Waals surface area contributed by atoms with Gasteiger partial charge in [-0.25, -0.2) is 0 Å². The minimum atomic E-state index is 0.349. The van der Waals surface area contributed by atoms with E-state index in [2.05, 4.69) is 0 Å². The smallest absolute Gasteiger partial charge is 0.123 e. The average Bonchev–Trinajstić information content (AvgIpc) is 1.66. The molecule has 0 amide bonds. The van der Waals surface area contributed by atoms with Crippen LogP contribution in [-0.4, -0.2) is 20.3 Å². The SMILES string of the molecule is BC(N)CCCCN. The fraction of sp³-hybridized carbons (Fsp3) is 1.00. The van der Waals surface area contributed by atoms with Gasteiger partial charge in [0.15, 0.2) is 0 Å². The number of hydrogen-bond acceptors (Lipinski definition) is 2. The van der Waals surface area contributed by atoms with E-state index in [0.29, 0.717) is 5.94 Å². The van der Waals surface area contributed by atoms with Crippen LogP contribution >= 0.6 is 0 Å². The molecular formula is C5H15BN2. The minimum absolute atomic E-state index is 0.349. The maximum Gasteiger partial charge on any atom is 0.123 e. The van der Waals surface area contributed by atoms with E-state index < -0.39 is 0 Å². The van der Waals surface area contributed by atoms with Gasteiger partial charge >= 0.3 is 0 Å². The second-order valence-electron chi connectivity index (χ2n) is 2.26. The predicted octanol–water partition coefficient (Wildman–Crippen LogP) is -0.967. The Hall–Kier alpha value is -0.0151. The number of unbranched alkanes of at least 4 members (excludes halogenated alkanes) is 1. The third-order valence-corrected chi connectivity index (χ3v) is 1.11. The highest BCUT2D eigenvalue weighted by atomic mass is 14.6. The highest BCUT2D eigenvalue weighted by Crippen LogP contribution is 1.93. The quantitative estimate of drug-likeness (QED) is 0.365. The first-order valence-corrected chi connectivity index (χ1v) is 3.23. The number of nitrogens with two attached hydrogens (primary N) is 2. The highest BCUT2D eigenvalue weighted by molar-refractivity contribution is 6.11. The maximum atomic E-state index is 5.49. The van der Waals surface area contributed by atoms with E-state index in [0.717, 1.165) is 19.4 Å². The molecule has 48 valence electrons. The molecule has 0 rings (SSSR count). The molecule has 0 radical (unpaired) electrons. The Morgan fingerprint density at radius 1 is 1.38 bits per heavy atom. The van der Waals surface area contributed by atoms with Crippen LogP contribution in [0.1, 0.15) is 19.3 Å². The van der Waals surface area contributed by atoms with Gasteiger partial charge in [-0.15, -0.1) is 0 Å². The summed E-state index contributed by atoms with van der Waals surface area (Å²) in [6.07, 6.45) is 3.40. The van der Waals surface area contributed by atoms with Crippen molar-refractivity contribution in [1.29, 1.82) is 0 Å². The molecule has 0 spiro atoms. The summed E-state index contributed by atoms with van der Waals surface area (Å²) in [5, 5.41) is 0. The van der Waals surface area contributed by atoms with Crippen LogP contribution in [0.25, 0.3) is 0 Å².